The predicted octanol–water partition coefficient (Wildman–Crippen LogP) is 3.99. The number of ether oxygens (including phenoxy) is 1. The fourth-order valence-corrected chi connectivity index (χ4v) is 3.85. The number of amides is 1. The van der Waals surface area contributed by atoms with Crippen molar-refractivity contribution in [1.29, 1.82) is 0 Å². The van der Waals surface area contributed by atoms with Crippen LogP contribution in [0.5, 0.6) is 0 Å². The van der Waals surface area contributed by atoms with Gasteiger partial charge in [0.25, 0.3) is 5.91 Å². The van der Waals surface area contributed by atoms with E-state index in [0.717, 1.165) is 18.9 Å². The number of nitrogens with zero attached hydrogens (tertiary/aromatic N) is 3. The Labute approximate surface area is 183 Å². The highest BCUT2D eigenvalue weighted by atomic mass is 19.4. The molecule has 170 valence electrons. The minimum atomic E-state index is -4.49. The van der Waals surface area contributed by atoms with Crippen molar-refractivity contribution >= 4 is 22.6 Å². The average molecular weight is 447 g/mol. The maximum absolute atomic E-state index is 13.3. The lowest BCUT2D eigenvalue weighted by molar-refractivity contribution is -0.138. The van der Waals surface area contributed by atoms with E-state index in [2.05, 4.69) is 20.7 Å². The molecule has 7 nitrogen and oxygen atoms in total. The zero-order valence-electron chi connectivity index (χ0n) is 17.6. The van der Waals surface area contributed by atoms with Gasteiger partial charge in [0.1, 0.15) is 0 Å². The highest BCUT2D eigenvalue weighted by Gasteiger charge is 2.33. The third-order valence-electron chi connectivity index (χ3n) is 5.54. The number of aromatic nitrogens is 3. The van der Waals surface area contributed by atoms with Crippen LogP contribution in [0.1, 0.15) is 41.3 Å². The van der Waals surface area contributed by atoms with Crippen LogP contribution in [0.25, 0.3) is 11.0 Å². The van der Waals surface area contributed by atoms with Gasteiger partial charge in [-0.15, -0.1) is 0 Å². The van der Waals surface area contributed by atoms with Crippen molar-refractivity contribution in [2.45, 2.75) is 45.1 Å². The summed E-state index contributed by atoms with van der Waals surface area (Å²) in [6.45, 7) is 3.55. The lowest BCUT2D eigenvalue weighted by Crippen LogP contribution is -2.30. The van der Waals surface area contributed by atoms with Crippen LogP contribution in [0.4, 0.5) is 18.9 Å². The molecule has 0 spiro atoms. The van der Waals surface area contributed by atoms with Gasteiger partial charge in [-0.2, -0.15) is 18.3 Å². The number of anilines is 1. The number of carbonyl (C=O) groups is 1. The van der Waals surface area contributed by atoms with Gasteiger partial charge in [0.15, 0.2) is 5.65 Å². The first-order valence-corrected chi connectivity index (χ1v) is 10.5. The van der Waals surface area contributed by atoms with E-state index in [1.807, 2.05) is 6.92 Å². The summed E-state index contributed by atoms with van der Waals surface area (Å²) in [5.74, 6) is -0.504. The molecule has 1 fully saturated rings. The molecule has 4 rings (SSSR count). The van der Waals surface area contributed by atoms with Crippen LogP contribution in [0.2, 0.25) is 0 Å². The van der Waals surface area contributed by atoms with Gasteiger partial charge in [0, 0.05) is 38.5 Å². The zero-order chi connectivity index (χ0) is 22.7. The highest BCUT2D eigenvalue weighted by molar-refractivity contribution is 6.06. The van der Waals surface area contributed by atoms with Gasteiger partial charge >= 0.3 is 6.18 Å². The van der Waals surface area contributed by atoms with Crippen molar-refractivity contribution in [1.82, 2.24) is 20.1 Å². The Morgan fingerprint density at radius 1 is 1.22 bits per heavy atom. The molecule has 3 heterocycles. The molecule has 3 aromatic rings. The summed E-state index contributed by atoms with van der Waals surface area (Å²) in [5, 5.41) is 11.1. The number of alkyl halides is 3. The topological polar surface area (TPSA) is 81.1 Å². The van der Waals surface area contributed by atoms with Crippen molar-refractivity contribution in [3.05, 3.63) is 53.3 Å². The molecule has 0 unspecified atom stereocenters. The Kier molecular flexibility index (Phi) is 6.31. The van der Waals surface area contributed by atoms with E-state index in [1.54, 1.807) is 10.9 Å². The maximum atomic E-state index is 13.3. The number of fused-ring (bicyclic) bond motifs is 1. The Bertz CT molecular complexity index is 1110. The molecule has 2 N–H and O–H groups in total. The van der Waals surface area contributed by atoms with Crippen molar-refractivity contribution in [2.75, 3.05) is 18.5 Å². The van der Waals surface area contributed by atoms with E-state index in [-0.39, 0.29) is 23.7 Å². The van der Waals surface area contributed by atoms with Crippen LogP contribution in [0.15, 0.2) is 36.7 Å². The van der Waals surface area contributed by atoms with Crippen LogP contribution >= 0.6 is 0 Å². The van der Waals surface area contributed by atoms with Crippen LogP contribution in [-0.2, 0) is 24.0 Å². The third kappa shape index (κ3) is 4.55. The standard InChI is InChI=1S/C22H24F3N5O2/c1-2-30-20-16(13-28-30)19(29-15-7-9-32-10-8-15)17(12-26-20)21(31)27-11-14-5-3-4-6-18(14)22(23,24)25/h3-6,12-13,15H,2,7-11H2,1H3,(H,26,29)(H,27,31). The van der Waals surface area contributed by atoms with E-state index in [9.17, 15) is 18.0 Å². The smallest absolute Gasteiger partial charge is 0.381 e. The number of nitrogens with one attached hydrogen (secondary N) is 2. The lowest BCUT2D eigenvalue weighted by Gasteiger charge is -2.25. The molecule has 1 aliphatic heterocycles. The van der Waals surface area contributed by atoms with E-state index < -0.39 is 17.6 Å². The van der Waals surface area contributed by atoms with E-state index in [0.29, 0.717) is 36.5 Å². The summed E-state index contributed by atoms with van der Waals surface area (Å²) < 4.78 is 47.0. The summed E-state index contributed by atoms with van der Waals surface area (Å²) in [6, 6.07) is 5.31. The van der Waals surface area contributed by atoms with Gasteiger partial charge in [-0.3, -0.25) is 4.79 Å². The molecule has 0 atom stereocenters. The summed E-state index contributed by atoms with van der Waals surface area (Å²) in [7, 11) is 0. The number of aryl methyl sites for hydroxylation is 1. The lowest BCUT2D eigenvalue weighted by atomic mass is 10.1. The summed E-state index contributed by atoms with van der Waals surface area (Å²) in [6.07, 6.45) is 0.176. The number of hydrogen-bond acceptors (Lipinski definition) is 5. The zero-order valence-corrected chi connectivity index (χ0v) is 17.6. The second kappa shape index (κ2) is 9.15. The van der Waals surface area contributed by atoms with E-state index in [4.69, 9.17) is 4.74 Å². The number of pyridine rings is 1. The van der Waals surface area contributed by atoms with E-state index in [1.165, 1.54) is 24.4 Å². The molecule has 32 heavy (non-hydrogen) atoms. The Hall–Kier alpha value is -3.14. The fourth-order valence-electron chi connectivity index (χ4n) is 3.85. The molecular formula is C22H24F3N5O2. The fraction of sp³-hybridized carbons (Fsp3) is 0.409. The molecule has 1 aliphatic rings. The van der Waals surface area contributed by atoms with Crippen molar-refractivity contribution < 1.29 is 22.7 Å². The minimum absolute atomic E-state index is 0.000119. The van der Waals surface area contributed by atoms with Gasteiger partial charge in [-0.1, -0.05) is 18.2 Å². The number of benzene rings is 1. The SMILES string of the molecule is CCn1ncc2c(NC3CCOCC3)c(C(=O)NCc3ccccc3C(F)(F)F)cnc21. The second-order valence-electron chi connectivity index (χ2n) is 7.61. The van der Waals surface area contributed by atoms with Gasteiger partial charge < -0.3 is 15.4 Å². The molecule has 2 aromatic heterocycles. The number of halogens is 3. The molecule has 1 aromatic carbocycles. The van der Waals surface area contributed by atoms with Crippen LogP contribution in [-0.4, -0.2) is 39.9 Å². The van der Waals surface area contributed by atoms with Gasteiger partial charge in [0.05, 0.1) is 28.4 Å². The molecule has 0 saturated carbocycles. The van der Waals surface area contributed by atoms with Crippen LogP contribution in [0, 0.1) is 0 Å². The number of hydrogen-bond donors (Lipinski definition) is 2. The van der Waals surface area contributed by atoms with Gasteiger partial charge in [-0.05, 0) is 31.4 Å². The first kappa shape index (κ1) is 22.1. The molecule has 0 radical (unpaired) electrons. The van der Waals surface area contributed by atoms with Crippen LogP contribution in [0.3, 0.4) is 0 Å². The van der Waals surface area contributed by atoms with Crippen LogP contribution < -0.4 is 10.6 Å². The Morgan fingerprint density at radius 3 is 2.69 bits per heavy atom. The molecule has 10 heteroatoms. The Balaban J connectivity index is 1.63. The number of rotatable bonds is 6. The Morgan fingerprint density at radius 2 is 1.97 bits per heavy atom. The molecule has 0 bridgehead atoms. The summed E-state index contributed by atoms with van der Waals surface area (Å²) in [5.41, 5.74) is 0.729. The molecule has 1 amide bonds. The predicted molar refractivity (Wildman–Crippen MR) is 113 cm³/mol. The van der Waals surface area contributed by atoms with Crippen molar-refractivity contribution in [2.24, 2.45) is 0 Å². The largest absolute Gasteiger partial charge is 0.416 e. The quantitative estimate of drug-likeness (QED) is 0.597. The molecule has 0 aliphatic carbocycles. The third-order valence-corrected chi connectivity index (χ3v) is 5.54. The molecular weight excluding hydrogens is 423 g/mol. The van der Waals surface area contributed by atoms with Gasteiger partial charge in [0.2, 0.25) is 0 Å². The number of carbonyl (C=O) groups excluding carboxylic acids is 1. The summed E-state index contributed by atoms with van der Waals surface area (Å²) >= 11 is 0. The average Bonchev–Trinajstić information content (AvgIpc) is 3.21. The molecule has 1 saturated heterocycles. The maximum Gasteiger partial charge on any atom is 0.416 e. The first-order valence-electron chi connectivity index (χ1n) is 10.5. The second-order valence-corrected chi connectivity index (χ2v) is 7.61. The monoisotopic (exact) mass is 447 g/mol. The van der Waals surface area contributed by atoms with E-state index >= 15 is 0 Å². The highest BCUT2D eigenvalue weighted by Crippen LogP contribution is 2.32. The van der Waals surface area contributed by atoms with Crippen molar-refractivity contribution in [3.63, 3.8) is 0 Å². The van der Waals surface area contributed by atoms with Gasteiger partial charge in [-0.25, -0.2) is 9.67 Å². The minimum Gasteiger partial charge on any atom is -0.381 e. The normalized spacial score (nSPS) is 15.1. The van der Waals surface area contributed by atoms with Crippen molar-refractivity contribution in [3.8, 4) is 0 Å². The first-order chi connectivity index (χ1) is 15.4. The summed E-state index contributed by atoms with van der Waals surface area (Å²) in [4.78, 5) is 17.4.